The lowest BCUT2D eigenvalue weighted by molar-refractivity contribution is 1.19. The Morgan fingerprint density at radius 1 is 1.55 bits per heavy atom. The molecule has 0 unspecified atom stereocenters. The first-order valence-corrected chi connectivity index (χ1v) is 4.29. The van der Waals surface area contributed by atoms with E-state index >= 15 is 0 Å². The third-order valence-electron chi connectivity index (χ3n) is 1.33. The molecule has 0 aliphatic rings. The average molecular weight is 188 g/mol. The lowest BCUT2D eigenvalue weighted by Gasteiger charge is -2.05. The third-order valence-corrected chi connectivity index (χ3v) is 1.93. The number of halogens is 1. The highest BCUT2D eigenvalue weighted by Crippen LogP contribution is 2.23. The Morgan fingerprint density at radius 2 is 2.27 bits per heavy atom. The zero-order chi connectivity index (χ0) is 8.27. The molecule has 11 heavy (non-hydrogen) atoms. The standard InChI is InChI=1S/C8H10ClNS/c1-2-10-7-4-3-6(9)5-8(7)11/h3-5,10-11H,2H2,1H3. The zero-order valence-corrected chi connectivity index (χ0v) is 7.91. The second kappa shape index (κ2) is 3.88. The summed E-state index contributed by atoms with van der Waals surface area (Å²) in [5, 5.41) is 3.89. The molecule has 0 aliphatic carbocycles. The summed E-state index contributed by atoms with van der Waals surface area (Å²) in [6.07, 6.45) is 0. The molecule has 0 heterocycles. The van der Waals surface area contributed by atoms with E-state index in [1.54, 1.807) is 0 Å². The van der Waals surface area contributed by atoms with Crippen molar-refractivity contribution in [3.63, 3.8) is 0 Å². The summed E-state index contributed by atoms with van der Waals surface area (Å²) in [5.41, 5.74) is 1.03. The predicted molar refractivity (Wildman–Crippen MR) is 52.9 cm³/mol. The number of hydrogen-bond donors (Lipinski definition) is 2. The molecule has 0 aromatic heterocycles. The van der Waals surface area contributed by atoms with Crippen LogP contribution in [-0.2, 0) is 0 Å². The smallest absolute Gasteiger partial charge is 0.0476 e. The van der Waals surface area contributed by atoms with E-state index in [-0.39, 0.29) is 0 Å². The Bertz CT molecular complexity index is 250. The van der Waals surface area contributed by atoms with Crippen LogP contribution >= 0.6 is 24.2 Å². The van der Waals surface area contributed by atoms with Gasteiger partial charge in [-0.3, -0.25) is 0 Å². The van der Waals surface area contributed by atoms with Crippen molar-refractivity contribution < 1.29 is 0 Å². The fraction of sp³-hybridized carbons (Fsp3) is 0.250. The lowest BCUT2D eigenvalue weighted by Crippen LogP contribution is -1.96. The van der Waals surface area contributed by atoms with E-state index in [9.17, 15) is 0 Å². The summed E-state index contributed by atoms with van der Waals surface area (Å²) in [4.78, 5) is 0.888. The second-order valence-electron chi connectivity index (χ2n) is 2.19. The number of rotatable bonds is 2. The molecule has 0 saturated heterocycles. The van der Waals surface area contributed by atoms with E-state index in [4.69, 9.17) is 11.6 Å². The van der Waals surface area contributed by atoms with E-state index in [1.807, 2.05) is 25.1 Å². The minimum absolute atomic E-state index is 0.719. The minimum atomic E-state index is 0.719. The van der Waals surface area contributed by atoms with Gasteiger partial charge in [0.05, 0.1) is 0 Å². The van der Waals surface area contributed by atoms with Gasteiger partial charge < -0.3 is 5.32 Å². The van der Waals surface area contributed by atoms with Crippen molar-refractivity contribution in [2.45, 2.75) is 11.8 Å². The van der Waals surface area contributed by atoms with Gasteiger partial charge in [-0.2, -0.15) is 0 Å². The highest BCUT2D eigenvalue weighted by Gasteiger charge is 1.96. The van der Waals surface area contributed by atoms with Gasteiger partial charge in [-0.05, 0) is 25.1 Å². The Morgan fingerprint density at radius 3 is 2.82 bits per heavy atom. The summed E-state index contributed by atoms with van der Waals surface area (Å²) in [6, 6.07) is 5.59. The van der Waals surface area contributed by atoms with Crippen LogP contribution in [0.3, 0.4) is 0 Å². The second-order valence-corrected chi connectivity index (χ2v) is 3.11. The molecule has 0 amide bonds. The summed E-state index contributed by atoms with van der Waals surface area (Å²) >= 11 is 10.00. The molecule has 1 aromatic carbocycles. The van der Waals surface area contributed by atoms with Gasteiger partial charge in [-0.15, -0.1) is 12.6 Å². The molecule has 1 nitrogen and oxygen atoms in total. The van der Waals surface area contributed by atoms with Crippen LogP contribution in [0.5, 0.6) is 0 Å². The topological polar surface area (TPSA) is 12.0 Å². The monoisotopic (exact) mass is 187 g/mol. The SMILES string of the molecule is CCNc1ccc(Cl)cc1S. The van der Waals surface area contributed by atoms with Crippen molar-refractivity contribution in [3.8, 4) is 0 Å². The first kappa shape index (κ1) is 8.75. The Kier molecular flexibility index (Phi) is 3.09. The van der Waals surface area contributed by atoms with Gasteiger partial charge in [0.25, 0.3) is 0 Å². The molecule has 60 valence electrons. The summed E-state index contributed by atoms with van der Waals surface area (Å²) in [6.45, 7) is 2.94. The predicted octanol–water partition coefficient (Wildman–Crippen LogP) is 3.06. The molecule has 0 fully saturated rings. The van der Waals surface area contributed by atoms with Crippen molar-refractivity contribution in [2.75, 3.05) is 11.9 Å². The Hall–Kier alpha value is -0.340. The Balaban J connectivity index is 2.90. The van der Waals surface area contributed by atoms with Gasteiger partial charge in [0.1, 0.15) is 0 Å². The largest absolute Gasteiger partial charge is 0.384 e. The van der Waals surface area contributed by atoms with Crippen LogP contribution in [0.15, 0.2) is 23.1 Å². The highest BCUT2D eigenvalue weighted by molar-refractivity contribution is 7.80. The van der Waals surface area contributed by atoms with Gasteiger partial charge in [0.15, 0.2) is 0 Å². The van der Waals surface area contributed by atoms with Crippen molar-refractivity contribution in [1.29, 1.82) is 0 Å². The molecule has 0 atom stereocenters. The van der Waals surface area contributed by atoms with Crippen molar-refractivity contribution in [2.24, 2.45) is 0 Å². The number of thiol groups is 1. The van der Waals surface area contributed by atoms with Gasteiger partial charge in [-0.25, -0.2) is 0 Å². The zero-order valence-electron chi connectivity index (χ0n) is 6.26. The quantitative estimate of drug-likeness (QED) is 0.679. The van der Waals surface area contributed by atoms with Crippen LogP contribution in [-0.4, -0.2) is 6.54 Å². The normalized spacial score (nSPS) is 9.73. The van der Waals surface area contributed by atoms with E-state index in [2.05, 4.69) is 17.9 Å². The van der Waals surface area contributed by atoms with E-state index < -0.39 is 0 Å². The lowest BCUT2D eigenvalue weighted by atomic mass is 10.3. The van der Waals surface area contributed by atoms with E-state index in [0.717, 1.165) is 22.2 Å². The fourth-order valence-corrected chi connectivity index (χ4v) is 1.39. The van der Waals surface area contributed by atoms with E-state index in [0.29, 0.717) is 0 Å². The maximum Gasteiger partial charge on any atom is 0.0476 e. The number of benzene rings is 1. The minimum Gasteiger partial charge on any atom is -0.384 e. The maximum absolute atomic E-state index is 5.74. The van der Waals surface area contributed by atoms with Crippen LogP contribution in [0.2, 0.25) is 5.02 Å². The van der Waals surface area contributed by atoms with Crippen LogP contribution < -0.4 is 5.32 Å². The van der Waals surface area contributed by atoms with Crippen LogP contribution in [0.1, 0.15) is 6.92 Å². The third kappa shape index (κ3) is 2.31. The van der Waals surface area contributed by atoms with E-state index in [1.165, 1.54) is 0 Å². The molecular weight excluding hydrogens is 178 g/mol. The Labute approximate surface area is 77.2 Å². The van der Waals surface area contributed by atoms with Gasteiger partial charge >= 0.3 is 0 Å². The molecule has 3 heteroatoms. The molecule has 0 aliphatic heterocycles. The molecule has 1 aromatic rings. The van der Waals surface area contributed by atoms with Crippen molar-refractivity contribution >= 4 is 29.9 Å². The molecule has 0 saturated carbocycles. The van der Waals surface area contributed by atoms with Gasteiger partial charge in [0, 0.05) is 22.2 Å². The van der Waals surface area contributed by atoms with Crippen LogP contribution in [0.4, 0.5) is 5.69 Å². The molecule has 1 N–H and O–H groups in total. The maximum atomic E-state index is 5.74. The number of hydrogen-bond acceptors (Lipinski definition) is 2. The van der Waals surface area contributed by atoms with Crippen molar-refractivity contribution in [3.05, 3.63) is 23.2 Å². The van der Waals surface area contributed by atoms with Crippen LogP contribution in [0, 0.1) is 0 Å². The average Bonchev–Trinajstić information content (AvgIpc) is 1.95. The van der Waals surface area contributed by atoms with Gasteiger partial charge in [-0.1, -0.05) is 11.6 Å². The number of nitrogens with one attached hydrogen (secondary N) is 1. The first-order chi connectivity index (χ1) is 5.24. The summed E-state index contributed by atoms with van der Waals surface area (Å²) in [7, 11) is 0. The van der Waals surface area contributed by atoms with Crippen molar-refractivity contribution in [1.82, 2.24) is 0 Å². The molecule has 0 radical (unpaired) electrons. The number of anilines is 1. The molecule has 1 rings (SSSR count). The molecule has 0 spiro atoms. The summed E-state index contributed by atoms with van der Waals surface area (Å²) < 4.78 is 0. The molecular formula is C8H10ClNS. The molecule has 0 bridgehead atoms. The van der Waals surface area contributed by atoms with Crippen LogP contribution in [0.25, 0.3) is 0 Å². The highest BCUT2D eigenvalue weighted by atomic mass is 35.5. The first-order valence-electron chi connectivity index (χ1n) is 3.46. The summed E-state index contributed by atoms with van der Waals surface area (Å²) in [5.74, 6) is 0. The fourth-order valence-electron chi connectivity index (χ4n) is 0.845. The van der Waals surface area contributed by atoms with Gasteiger partial charge in [0.2, 0.25) is 0 Å².